The van der Waals surface area contributed by atoms with Crippen molar-refractivity contribution in [2.24, 2.45) is 0 Å². The number of rotatable bonds is 10. The lowest BCUT2D eigenvalue weighted by Gasteiger charge is -2.28. The zero-order chi connectivity index (χ0) is 34.8. The minimum atomic E-state index is -5.70. The molecule has 7 nitrogen and oxygen atoms in total. The Kier molecular flexibility index (Phi) is 10.3. The van der Waals surface area contributed by atoms with Crippen molar-refractivity contribution in [3.8, 4) is 0 Å². The highest BCUT2D eigenvalue weighted by atomic mass is 35.5. The first-order valence-corrected chi connectivity index (χ1v) is 14.8. The first-order valence-electron chi connectivity index (χ1n) is 13.0. The number of alkyl halides is 3. The number of carbonyl (C=O) groups is 2. The maximum atomic E-state index is 14.8. The molecule has 0 atom stereocenters. The summed E-state index contributed by atoms with van der Waals surface area (Å²) < 4.78 is 138. The molecule has 0 saturated carbocycles. The van der Waals surface area contributed by atoms with Crippen molar-refractivity contribution in [1.82, 2.24) is 4.31 Å². The van der Waals surface area contributed by atoms with Crippen LogP contribution in [0.25, 0.3) is 0 Å². The number of nitrogens with zero attached hydrogens (tertiary/aromatic N) is 2. The molecule has 47 heavy (non-hydrogen) atoms. The highest BCUT2D eigenvalue weighted by Gasteiger charge is 2.39. The molecule has 0 saturated heterocycles. The van der Waals surface area contributed by atoms with Crippen LogP contribution in [-0.2, 0) is 34.1 Å². The van der Waals surface area contributed by atoms with E-state index in [1.54, 1.807) is 0 Å². The molecule has 0 aliphatic carbocycles. The lowest BCUT2D eigenvalue weighted by molar-refractivity contribution is -0.137. The van der Waals surface area contributed by atoms with Gasteiger partial charge in [-0.2, -0.15) is 17.5 Å². The summed E-state index contributed by atoms with van der Waals surface area (Å²) in [5.41, 5.74) is -1.18. The second-order valence-corrected chi connectivity index (χ2v) is 12.1. The van der Waals surface area contributed by atoms with E-state index in [1.807, 2.05) is 0 Å². The third-order valence-corrected chi connectivity index (χ3v) is 8.76. The van der Waals surface area contributed by atoms with Gasteiger partial charge in [0.1, 0.15) is 0 Å². The average Bonchev–Trinajstić information content (AvgIpc) is 3.02. The summed E-state index contributed by atoms with van der Waals surface area (Å²) in [4.78, 5) is 23.7. The smallest absolute Gasteiger partial charge is 0.416 e. The van der Waals surface area contributed by atoms with Gasteiger partial charge in [0, 0.05) is 17.3 Å². The first kappa shape index (κ1) is 35.3. The number of amides is 1. The monoisotopic (exact) mass is 706 g/mol. The van der Waals surface area contributed by atoms with Gasteiger partial charge in [0.05, 0.1) is 24.2 Å². The summed E-state index contributed by atoms with van der Waals surface area (Å²) >= 11 is 5.85. The lowest BCUT2D eigenvalue weighted by atomic mass is 10.1. The number of carboxylic acid groups (broad SMARTS) is 1. The molecule has 17 heteroatoms. The summed E-state index contributed by atoms with van der Waals surface area (Å²) in [5.74, 6) is -15.6. The van der Waals surface area contributed by atoms with Crippen LogP contribution in [0, 0.1) is 29.1 Å². The van der Waals surface area contributed by atoms with E-state index in [9.17, 15) is 58.2 Å². The molecular formula is C30H19ClF8N2O5S. The Morgan fingerprint density at radius 3 is 1.66 bits per heavy atom. The van der Waals surface area contributed by atoms with Gasteiger partial charge in [0.2, 0.25) is 21.7 Å². The fraction of sp³-hybridized carbons (Fsp3) is 0.133. The predicted molar refractivity (Wildman–Crippen MR) is 151 cm³/mol. The van der Waals surface area contributed by atoms with Gasteiger partial charge in [-0.25, -0.2) is 35.2 Å². The van der Waals surface area contributed by atoms with Crippen molar-refractivity contribution < 1.29 is 58.2 Å². The van der Waals surface area contributed by atoms with Crippen LogP contribution in [0.15, 0.2) is 77.7 Å². The predicted octanol–water partition coefficient (Wildman–Crippen LogP) is 7.18. The van der Waals surface area contributed by atoms with Gasteiger partial charge in [-0.1, -0.05) is 35.9 Å². The van der Waals surface area contributed by atoms with Crippen LogP contribution in [0.1, 0.15) is 27.0 Å². The normalized spacial score (nSPS) is 12.0. The average molecular weight is 707 g/mol. The van der Waals surface area contributed by atoms with Gasteiger partial charge >= 0.3 is 12.1 Å². The standard InChI is InChI=1S/C30H19ClF8N2O5S/c31-20-9-3-16(4-10-20)13-40(47(45,46)28-26(35)24(33)23(32)25(34)27(28)36)15-22(42)41(21-11-5-18(6-12-21)29(43)44)14-17-1-7-19(8-2-17)30(37,38)39/h1-12H,13-15H2,(H,43,44). The van der Waals surface area contributed by atoms with E-state index in [2.05, 4.69) is 0 Å². The van der Waals surface area contributed by atoms with E-state index in [0.29, 0.717) is 12.1 Å². The Labute approximate surface area is 266 Å². The Morgan fingerprint density at radius 2 is 1.17 bits per heavy atom. The molecule has 0 unspecified atom stereocenters. The van der Waals surface area contributed by atoms with E-state index >= 15 is 0 Å². The number of sulfonamides is 1. The lowest BCUT2D eigenvalue weighted by Crippen LogP contribution is -2.43. The Balaban J connectivity index is 1.81. The molecular weight excluding hydrogens is 688 g/mol. The number of carbonyl (C=O) groups excluding carboxylic acids is 1. The SMILES string of the molecule is O=C(O)c1ccc(N(Cc2ccc(C(F)(F)F)cc2)C(=O)CN(Cc2ccc(Cl)cc2)S(=O)(=O)c2c(F)c(F)c(F)c(F)c2F)cc1. The number of carboxylic acids is 1. The van der Waals surface area contributed by atoms with Crippen LogP contribution in [0.2, 0.25) is 5.02 Å². The van der Waals surface area contributed by atoms with Gasteiger partial charge in [-0.05, 0) is 59.7 Å². The topological polar surface area (TPSA) is 95.0 Å². The third kappa shape index (κ3) is 7.72. The molecule has 0 aliphatic heterocycles. The van der Waals surface area contributed by atoms with Crippen molar-refractivity contribution >= 4 is 39.2 Å². The molecule has 0 bridgehead atoms. The molecule has 0 heterocycles. The van der Waals surface area contributed by atoms with Gasteiger partial charge in [0.15, 0.2) is 28.2 Å². The minimum Gasteiger partial charge on any atom is -0.478 e. The number of hydrogen-bond acceptors (Lipinski definition) is 4. The quantitative estimate of drug-likeness (QED) is 0.107. The van der Waals surface area contributed by atoms with E-state index in [-0.39, 0.29) is 31.7 Å². The van der Waals surface area contributed by atoms with E-state index < -0.39 is 87.3 Å². The van der Waals surface area contributed by atoms with Crippen LogP contribution in [0.3, 0.4) is 0 Å². The van der Waals surface area contributed by atoms with Crippen LogP contribution < -0.4 is 4.90 Å². The number of aromatic carboxylic acids is 1. The summed E-state index contributed by atoms with van der Waals surface area (Å²) in [7, 11) is -5.70. The van der Waals surface area contributed by atoms with Crippen molar-refractivity contribution in [3.05, 3.63) is 129 Å². The zero-order valence-electron chi connectivity index (χ0n) is 23.3. The Hall–Kier alpha value is -4.54. The molecule has 1 N–H and O–H groups in total. The molecule has 1 amide bonds. The maximum Gasteiger partial charge on any atom is 0.416 e. The van der Waals surface area contributed by atoms with Gasteiger partial charge in [-0.3, -0.25) is 4.79 Å². The van der Waals surface area contributed by atoms with Crippen molar-refractivity contribution in [2.75, 3.05) is 11.4 Å². The second kappa shape index (κ2) is 13.7. The van der Waals surface area contributed by atoms with Crippen LogP contribution in [0.4, 0.5) is 40.8 Å². The van der Waals surface area contributed by atoms with Crippen LogP contribution >= 0.6 is 11.6 Å². The first-order chi connectivity index (χ1) is 21.9. The molecule has 4 aromatic carbocycles. The molecule has 0 aromatic heterocycles. The van der Waals surface area contributed by atoms with Gasteiger partial charge in [-0.15, -0.1) is 0 Å². The molecule has 0 fully saturated rings. The van der Waals surface area contributed by atoms with E-state index in [4.69, 9.17) is 11.6 Å². The number of hydrogen-bond donors (Lipinski definition) is 1. The summed E-state index contributed by atoms with van der Waals surface area (Å²) in [6.07, 6.45) is -4.69. The zero-order valence-corrected chi connectivity index (χ0v) is 24.9. The summed E-state index contributed by atoms with van der Waals surface area (Å²) in [6, 6.07) is 13.0. The molecule has 4 rings (SSSR count). The molecule has 0 radical (unpaired) electrons. The molecule has 0 aliphatic rings. The maximum absolute atomic E-state index is 14.8. The van der Waals surface area contributed by atoms with E-state index in [0.717, 1.165) is 41.3 Å². The second-order valence-electron chi connectivity index (χ2n) is 9.83. The fourth-order valence-electron chi connectivity index (χ4n) is 4.28. The Morgan fingerprint density at radius 1 is 0.702 bits per heavy atom. The summed E-state index contributed by atoms with van der Waals surface area (Å²) in [5, 5.41) is 9.42. The van der Waals surface area contributed by atoms with Crippen LogP contribution in [-0.4, -0.2) is 36.3 Å². The van der Waals surface area contributed by atoms with Crippen LogP contribution in [0.5, 0.6) is 0 Å². The third-order valence-electron chi connectivity index (χ3n) is 6.70. The molecule has 248 valence electrons. The van der Waals surface area contributed by atoms with Crippen molar-refractivity contribution in [3.63, 3.8) is 0 Å². The Bertz CT molecular complexity index is 1890. The minimum absolute atomic E-state index is 0.0646. The summed E-state index contributed by atoms with van der Waals surface area (Å²) in [6.45, 7) is -2.68. The number of halogens is 9. The highest BCUT2D eigenvalue weighted by Crippen LogP contribution is 2.32. The van der Waals surface area contributed by atoms with Crippen molar-refractivity contribution in [1.29, 1.82) is 0 Å². The fourth-order valence-corrected chi connectivity index (χ4v) is 5.90. The number of anilines is 1. The highest BCUT2D eigenvalue weighted by molar-refractivity contribution is 7.89. The number of benzene rings is 4. The van der Waals surface area contributed by atoms with Gasteiger partial charge < -0.3 is 10.0 Å². The molecule has 0 spiro atoms. The molecule has 4 aromatic rings. The largest absolute Gasteiger partial charge is 0.478 e. The van der Waals surface area contributed by atoms with E-state index in [1.165, 1.54) is 24.3 Å². The van der Waals surface area contributed by atoms with Gasteiger partial charge in [0.25, 0.3) is 0 Å². The van der Waals surface area contributed by atoms with Crippen molar-refractivity contribution in [2.45, 2.75) is 24.2 Å².